The SMILES string of the molecule is CN(CCN)S(=O)(=O)N(C)Cc1ccccc1. The first-order chi connectivity index (χ1) is 7.98. The van der Waals surface area contributed by atoms with Crippen LogP contribution in [0.15, 0.2) is 30.3 Å². The van der Waals surface area contributed by atoms with E-state index in [-0.39, 0.29) is 0 Å². The largest absolute Gasteiger partial charge is 0.329 e. The summed E-state index contributed by atoms with van der Waals surface area (Å²) in [6.45, 7) is 0.994. The van der Waals surface area contributed by atoms with Gasteiger partial charge in [-0.05, 0) is 5.56 Å². The fourth-order valence-electron chi connectivity index (χ4n) is 1.46. The summed E-state index contributed by atoms with van der Waals surface area (Å²) in [5.74, 6) is 0. The van der Waals surface area contributed by atoms with Gasteiger partial charge in [-0.15, -0.1) is 0 Å². The zero-order chi connectivity index (χ0) is 12.9. The molecule has 0 bridgehead atoms. The molecule has 1 aromatic carbocycles. The van der Waals surface area contributed by atoms with Crippen LogP contribution in [-0.4, -0.2) is 44.2 Å². The smallest absolute Gasteiger partial charge is 0.281 e. The van der Waals surface area contributed by atoms with Gasteiger partial charge in [0.1, 0.15) is 0 Å². The van der Waals surface area contributed by atoms with E-state index in [0.717, 1.165) is 5.56 Å². The summed E-state index contributed by atoms with van der Waals surface area (Å²) in [6.07, 6.45) is 0. The molecule has 0 amide bonds. The average molecular weight is 257 g/mol. The molecule has 1 aromatic rings. The molecule has 0 aliphatic rings. The normalized spacial score (nSPS) is 12.3. The van der Waals surface area contributed by atoms with Gasteiger partial charge in [-0.3, -0.25) is 0 Å². The van der Waals surface area contributed by atoms with Crippen molar-refractivity contribution in [3.8, 4) is 0 Å². The summed E-state index contributed by atoms with van der Waals surface area (Å²) in [7, 11) is -0.316. The first kappa shape index (κ1) is 14.1. The monoisotopic (exact) mass is 257 g/mol. The van der Waals surface area contributed by atoms with Crippen molar-refractivity contribution in [2.75, 3.05) is 27.2 Å². The fourth-order valence-corrected chi connectivity index (χ4v) is 2.58. The molecule has 17 heavy (non-hydrogen) atoms. The van der Waals surface area contributed by atoms with Gasteiger partial charge in [0, 0.05) is 33.7 Å². The number of nitrogens with two attached hydrogens (primary N) is 1. The van der Waals surface area contributed by atoms with Crippen molar-refractivity contribution < 1.29 is 8.42 Å². The van der Waals surface area contributed by atoms with Crippen LogP contribution in [0.1, 0.15) is 5.56 Å². The standard InChI is InChI=1S/C11H19N3O2S/c1-13(9-8-12)17(15,16)14(2)10-11-6-4-3-5-7-11/h3-7H,8-10,12H2,1-2H3. The molecule has 96 valence electrons. The molecular formula is C11H19N3O2S. The van der Waals surface area contributed by atoms with Gasteiger partial charge >= 0.3 is 0 Å². The quantitative estimate of drug-likeness (QED) is 0.794. The Morgan fingerprint density at radius 3 is 2.24 bits per heavy atom. The first-order valence-electron chi connectivity index (χ1n) is 5.40. The van der Waals surface area contributed by atoms with E-state index in [4.69, 9.17) is 5.73 Å². The Morgan fingerprint density at radius 1 is 1.12 bits per heavy atom. The van der Waals surface area contributed by atoms with Gasteiger partial charge in [-0.2, -0.15) is 17.0 Å². The number of hydrogen-bond donors (Lipinski definition) is 1. The third-order valence-corrected chi connectivity index (χ3v) is 4.37. The van der Waals surface area contributed by atoms with Gasteiger partial charge in [-0.1, -0.05) is 30.3 Å². The van der Waals surface area contributed by atoms with Crippen molar-refractivity contribution in [2.45, 2.75) is 6.54 Å². The third-order valence-electron chi connectivity index (χ3n) is 2.48. The minimum absolute atomic E-state index is 0.314. The van der Waals surface area contributed by atoms with Crippen LogP contribution in [-0.2, 0) is 16.8 Å². The van der Waals surface area contributed by atoms with Gasteiger partial charge in [-0.25, -0.2) is 0 Å². The molecule has 0 saturated carbocycles. The highest BCUT2D eigenvalue weighted by atomic mass is 32.2. The molecule has 6 heteroatoms. The Kier molecular flexibility index (Phi) is 5.07. The zero-order valence-electron chi connectivity index (χ0n) is 10.2. The maximum atomic E-state index is 12.0. The maximum absolute atomic E-state index is 12.0. The van der Waals surface area contributed by atoms with Crippen LogP contribution in [0.4, 0.5) is 0 Å². The van der Waals surface area contributed by atoms with Crippen LogP contribution < -0.4 is 5.73 Å². The minimum atomic E-state index is -3.41. The van der Waals surface area contributed by atoms with Crippen molar-refractivity contribution in [3.05, 3.63) is 35.9 Å². The molecule has 0 aliphatic carbocycles. The van der Waals surface area contributed by atoms with E-state index < -0.39 is 10.2 Å². The van der Waals surface area contributed by atoms with Gasteiger partial charge < -0.3 is 5.73 Å². The van der Waals surface area contributed by atoms with Crippen LogP contribution in [0.25, 0.3) is 0 Å². The lowest BCUT2D eigenvalue weighted by Gasteiger charge is -2.23. The lowest BCUT2D eigenvalue weighted by Crippen LogP contribution is -2.41. The topological polar surface area (TPSA) is 66.6 Å². The third kappa shape index (κ3) is 3.78. The fraction of sp³-hybridized carbons (Fsp3) is 0.455. The van der Waals surface area contributed by atoms with Crippen molar-refractivity contribution in [1.29, 1.82) is 0 Å². The van der Waals surface area contributed by atoms with Gasteiger partial charge in [0.05, 0.1) is 0 Å². The molecule has 1 rings (SSSR count). The summed E-state index contributed by atoms with van der Waals surface area (Å²) >= 11 is 0. The highest BCUT2D eigenvalue weighted by molar-refractivity contribution is 7.86. The molecule has 5 nitrogen and oxygen atoms in total. The molecule has 0 fully saturated rings. The van der Waals surface area contributed by atoms with E-state index >= 15 is 0 Å². The van der Waals surface area contributed by atoms with Crippen LogP contribution in [0, 0.1) is 0 Å². The second-order valence-electron chi connectivity index (χ2n) is 3.86. The maximum Gasteiger partial charge on any atom is 0.281 e. The molecule has 0 saturated heterocycles. The van der Waals surface area contributed by atoms with Crippen LogP contribution >= 0.6 is 0 Å². The summed E-state index contributed by atoms with van der Waals surface area (Å²) in [5, 5.41) is 0. The zero-order valence-corrected chi connectivity index (χ0v) is 11.0. The summed E-state index contributed by atoms with van der Waals surface area (Å²) in [5.41, 5.74) is 6.31. The average Bonchev–Trinajstić information content (AvgIpc) is 2.30. The molecule has 0 unspecified atom stereocenters. The first-order valence-corrected chi connectivity index (χ1v) is 6.79. The molecule has 0 spiro atoms. The molecule has 0 atom stereocenters. The second-order valence-corrected chi connectivity index (χ2v) is 6.00. The van der Waals surface area contributed by atoms with Crippen LogP contribution in [0.5, 0.6) is 0 Å². The lowest BCUT2D eigenvalue weighted by molar-refractivity contribution is 0.393. The molecule has 0 aliphatic heterocycles. The van der Waals surface area contributed by atoms with E-state index in [1.54, 1.807) is 7.05 Å². The van der Waals surface area contributed by atoms with E-state index in [1.807, 2.05) is 30.3 Å². The Morgan fingerprint density at radius 2 is 1.71 bits per heavy atom. The Labute approximate surface area is 103 Å². The molecule has 0 aromatic heterocycles. The highest BCUT2D eigenvalue weighted by Gasteiger charge is 2.22. The predicted molar refractivity (Wildman–Crippen MR) is 68.5 cm³/mol. The van der Waals surface area contributed by atoms with E-state index in [2.05, 4.69) is 0 Å². The number of likely N-dealkylation sites (N-methyl/N-ethyl adjacent to an activating group) is 1. The lowest BCUT2D eigenvalue weighted by atomic mass is 10.2. The summed E-state index contributed by atoms with van der Waals surface area (Å²) < 4.78 is 26.6. The minimum Gasteiger partial charge on any atom is -0.329 e. The summed E-state index contributed by atoms with van der Waals surface area (Å²) in [6, 6.07) is 9.47. The van der Waals surface area contributed by atoms with E-state index in [9.17, 15) is 8.42 Å². The number of rotatable bonds is 6. The number of benzene rings is 1. The molecular weight excluding hydrogens is 238 g/mol. The predicted octanol–water partition coefficient (Wildman–Crippen LogP) is 0.254. The Bertz CT molecular complexity index is 433. The molecule has 0 heterocycles. The second kappa shape index (κ2) is 6.11. The molecule has 2 N–H and O–H groups in total. The van der Waals surface area contributed by atoms with Gasteiger partial charge in [0.25, 0.3) is 10.2 Å². The molecule has 0 radical (unpaired) electrons. The van der Waals surface area contributed by atoms with Crippen LogP contribution in [0.3, 0.4) is 0 Å². The van der Waals surface area contributed by atoms with E-state index in [0.29, 0.717) is 19.6 Å². The van der Waals surface area contributed by atoms with E-state index in [1.165, 1.54) is 15.7 Å². The van der Waals surface area contributed by atoms with Crippen molar-refractivity contribution in [1.82, 2.24) is 8.61 Å². The van der Waals surface area contributed by atoms with Crippen LogP contribution in [0.2, 0.25) is 0 Å². The highest BCUT2D eigenvalue weighted by Crippen LogP contribution is 2.09. The number of hydrogen-bond acceptors (Lipinski definition) is 3. The summed E-state index contributed by atoms with van der Waals surface area (Å²) in [4.78, 5) is 0. The van der Waals surface area contributed by atoms with Crippen molar-refractivity contribution in [2.24, 2.45) is 5.73 Å². The van der Waals surface area contributed by atoms with Crippen molar-refractivity contribution >= 4 is 10.2 Å². The van der Waals surface area contributed by atoms with Gasteiger partial charge in [0.2, 0.25) is 0 Å². The van der Waals surface area contributed by atoms with Gasteiger partial charge in [0.15, 0.2) is 0 Å². The number of nitrogens with zero attached hydrogens (tertiary/aromatic N) is 2. The van der Waals surface area contributed by atoms with Crippen molar-refractivity contribution in [3.63, 3.8) is 0 Å². The Hall–Kier alpha value is -0.950. The Balaban J connectivity index is 2.73.